The molecule has 0 radical (unpaired) electrons. The Morgan fingerprint density at radius 1 is 1.21 bits per heavy atom. The number of hydrogen-bond acceptors (Lipinski definition) is 5. The van der Waals surface area contributed by atoms with Gasteiger partial charge in [0.25, 0.3) is 0 Å². The minimum Gasteiger partial charge on any atom is -0.368 e. The van der Waals surface area contributed by atoms with Crippen molar-refractivity contribution < 1.29 is 17.6 Å². The third-order valence-electron chi connectivity index (χ3n) is 4.22. The van der Waals surface area contributed by atoms with E-state index in [1.165, 1.54) is 16.8 Å². The van der Waals surface area contributed by atoms with Gasteiger partial charge in [-0.15, -0.1) is 0 Å². The van der Waals surface area contributed by atoms with Crippen LogP contribution < -0.4 is 11.1 Å². The molecule has 1 aromatic carbocycles. The zero-order chi connectivity index (χ0) is 21.3. The summed E-state index contributed by atoms with van der Waals surface area (Å²) < 4.78 is 56.0. The summed E-state index contributed by atoms with van der Waals surface area (Å²) >= 11 is 0. The number of alkyl halides is 3. The summed E-state index contributed by atoms with van der Waals surface area (Å²) in [6, 6.07) is 4.94. The fraction of sp³-hybridized carbons (Fsp3) is 0.316. The third kappa shape index (κ3) is 4.53. The molecule has 6 nitrogen and oxygen atoms in total. The van der Waals surface area contributed by atoms with Crippen LogP contribution in [0, 0.1) is 12.7 Å². The number of nitrogens with zero attached hydrogens (tertiary/aromatic N) is 4. The van der Waals surface area contributed by atoms with Crippen molar-refractivity contribution in [1.29, 1.82) is 0 Å². The number of aryl methyl sites for hydroxylation is 1. The lowest BCUT2D eigenvalue weighted by Gasteiger charge is -2.11. The van der Waals surface area contributed by atoms with Gasteiger partial charge in [-0.1, -0.05) is 19.9 Å². The van der Waals surface area contributed by atoms with Gasteiger partial charge < -0.3 is 15.6 Å². The second kappa shape index (κ2) is 7.78. The normalized spacial score (nSPS) is 12.0. The highest BCUT2D eigenvalue weighted by atomic mass is 19.4. The van der Waals surface area contributed by atoms with Crippen molar-refractivity contribution in [2.45, 2.75) is 39.5 Å². The van der Waals surface area contributed by atoms with Crippen molar-refractivity contribution in [1.82, 2.24) is 24.8 Å². The summed E-state index contributed by atoms with van der Waals surface area (Å²) in [6.45, 7) is 6.03. The van der Waals surface area contributed by atoms with E-state index in [1.54, 1.807) is 19.1 Å². The molecule has 0 spiro atoms. The number of hydrogen-bond donors (Lipinski definition) is 2. The van der Waals surface area contributed by atoms with E-state index in [0.29, 0.717) is 18.6 Å². The molecular formula is C19H20F4N6. The minimum atomic E-state index is -4.68. The number of nitrogens with two attached hydrogens (primary N) is 1. The molecule has 0 fully saturated rings. The maximum Gasteiger partial charge on any atom is 0.420 e. The summed E-state index contributed by atoms with van der Waals surface area (Å²) in [6.07, 6.45) is -2.77. The van der Waals surface area contributed by atoms with Crippen LogP contribution in [-0.4, -0.2) is 25.6 Å². The smallest absolute Gasteiger partial charge is 0.368 e. The van der Waals surface area contributed by atoms with Gasteiger partial charge in [0.1, 0.15) is 28.6 Å². The standard InChI is InChI=1S/C19H20F4N6/c1-10(2)25-7-12-4-5-16(14(20)6-12)29-9-15(27-11(29)3)17-13(19(21,22)23)8-26-18(24)28-17/h4-6,8-10,25H,7H2,1-3H3,(H2,24,26,28). The molecule has 0 unspecified atom stereocenters. The van der Waals surface area contributed by atoms with E-state index in [4.69, 9.17) is 5.73 Å². The van der Waals surface area contributed by atoms with Crippen LogP contribution in [0.2, 0.25) is 0 Å². The van der Waals surface area contributed by atoms with Crippen molar-refractivity contribution in [2.24, 2.45) is 0 Å². The second-order valence-corrected chi connectivity index (χ2v) is 6.85. The molecule has 0 atom stereocenters. The Hall–Kier alpha value is -3.01. The quantitative estimate of drug-likeness (QED) is 0.627. The fourth-order valence-electron chi connectivity index (χ4n) is 2.81. The molecule has 2 heterocycles. The molecule has 29 heavy (non-hydrogen) atoms. The van der Waals surface area contributed by atoms with Gasteiger partial charge in [-0.05, 0) is 24.6 Å². The van der Waals surface area contributed by atoms with E-state index in [1.807, 2.05) is 13.8 Å². The van der Waals surface area contributed by atoms with Gasteiger partial charge in [0.2, 0.25) is 5.95 Å². The van der Waals surface area contributed by atoms with Gasteiger partial charge in [-0.2, -0.15) is 13.2 Å². The predicted octanol–water partition coefficient (Wildman–Crippen LogP) is 3.88. The molecule has 0 amide bonds. The van der Waals surface area contributed by atoms with Crippen molar-refractivity contribution in [3.63, 3.8) is 0 Å². The third-order valence-corrected chi connectivity index (χ3v) is 4.22. The summed E-state index contributed by atoms with van der Waals surface area (Å²) in [7, 11) is 0. The number of anilines is 1. The van der Waals surface area contributed by atoms with Crippen LogP contribution >= 0.6 is 0 Å². The first-order valence-electron chi connectivity index (χ1n) is 8.84. The van der Waals surface area contributed by atoms with E-state index in [9.17, 15) is 17.6 Å². The zero-order valence-corrected chi connectivity index (χ0v) is 16.0. The summed E-state index contributed by atoms with van der Waals surface area (Å²) in [5, 5.41) is 3.19. The SMILES string of the molecule is Cc1nc(-c2nc(N)ncc2C(F)(F)F)cn1-c1ccc(CNC(C)C)cc1F. The Bertz CT molecular complexity index is 1030. The van der Waals surface area contributed by atoms with Crippen molar-refractivity contribution in [3.8, 4) is 17.1 Å². The lowest BCUT2D eigenvalue weighted by Crippen LogP contribution is -2.21. The van der Waals surface area contributed by atoms with E-state index >= 15 is 0 Å². The molecule has 3 N–H and O–H groups in total. The fourth-order valence-corrected chi connectivity index (χ4v) is 2.81. The van der Waals surface area contributed by atoms with Gasteiger partial charge in [-0.3, -0.25) is 0 Å². The average molecular weight is 408 g/mol. The molecule has 3 rings (SSSR count). The van der Waals surface area contributed by atoms with Gasteiger partial charge in [0, 0.05) is 25.0 Å². The van der Waals surface area contributed by atoms with Crippen LogP contribution in [0.25, 0.3) is 17.1 Å². The van der Waals surface area contributed by atoms with Crippen LogP contribution in [0.3, 0.4) is 0 Å². The molecule has 0 aliphatic heterocycles. The maximum absolute atomic E-state index is 14.7. The number of rotatable bonds is 5. The molecular weight excluding hydrogens is 388 g/mol. The zero-order valence-electron chi connectivity index (χ0n) is 16.0. The molecule has 3 aromatic rings. The summed E-state index contributed by atoms with van der Waals surface area (Å²) in [5.41, 5.74) is 4.79. The minimum absolute atomic E-state index is 0.0751. The predicted molar refractivity (Wildman–Crippen MR) is 101 cm³/mol. The first kappa shape index (κ1) is 20.7. The van der Waals surface area contributed by atoms with E-state index in [0.717, 1.165) is 5.56 Å². The molecule has 10 heteroatoms. The van der Waals surface area contributed by atoms with Gasteiger partial charge in [0.15, 0.2) is 0 Å². The van der Waals surface area contributed by atoms with Crippen LogP contribution in [0.15, 0.2) is 30.6 Å². The molecule has 0 aliphatic rings. The van der Waals surface area contributed by atoms with Gasteiger partial charge >= 0.3 is 6.18 Å². The largest absolute Gasteiger partial charge is 0.420 e. The van der Waals surface area contributed by atoms with Crippen LogP contribution in [-0.2, 0) is 12.7 Å². The summed E-state index contributed by atoms with van der Waals surface area (Å²) in [5.74, 6) is -0.524. The molecule has 0 saturated carbocycles. The molecule has 0 aliphatic carbocycles. The van der Waals surface area contributed by atoms with Crippen molar-refractivity contribution in [3.05, 3.63) is 53.4 Å². The van der Waals surface area contributed by atoms with E-state index < -0.39 is 23.3 Å². The lowest BCUT2D eigenvalue weighted by molar-refractivity contribution is -0.137. The Morgan fingerprint density at radius 2 is 1.93 bits per heavy atom. The van der Waals surface area contributed by atoms with Crippen LogP contribution in [0.4, 0.5) is 23.5 Å². The number of aromatic nitrogens is 4. The average Bonchev–Trinajstić information content (AvgIpc) is 3.00. The van der Waals surface area contributed by atoms with Crippen molar-refractivity contribution >= 4 is 5.95 Å². The number of halogens is 4. The van der Waals surface area contributed by atoms with Gasteiger partial charge in [-0.25, -0.2) is 19.3 Å². The van der Waals surface area contributed by atoms with Crippen molar-refractivity contribution in [2.75, 3.05) is 5.73 Å². The van der Waals surface area contributed by atoms with E-state index in [-0.39, 0.29) is 23.4 Å². The molecule has 154 valence electrons. The highest BCUT2D eigenvalue weighted by Gasteiger charge is 2.36. The Balaban J connectivity index is 2.02. The first-order chi connectivity index (χ1) is 13.6. The highest BCUT2D eigenvalue weighted by Crippen LogP contribution is 2.35. The maximum atomic E-state index is 14.7. The van der Waals surface area contributed by atoms with E-state index in [2.05, 4.69) is 20.3 Å². The lowest BCUT2D eigenvalue weighted by atomic mass is 10.1. The Morgan fingerprint density at radius 3 is 2.55 bits per heavy atom. The monoisotopic (exact) mass is 408 g/mol. The number of nitrogen functional groups attached to an aromatic ring is 1. The van der Waals surface area contributed by atoms with Gasteiger partial charge in [0.05, 0.1) is 5.69 Å². The second-order valence-electron chi connectivity index (χ2n) is 6.85. The van der Waals surface area contributed by atoms with Crippen LogP contribution in [0.5, 0.6) is 0 Å². The summed E-state index contributed by atoms with van der Waals surface area (Å²) in [4.78, 5) is 11.3. The Labute approximate surface area is 164 Å². The topological polar surface area (TPSA) is 81.7 Å². The number of imidazole rings is 1. The molecule has 0 bridgehead atoms. The number of nitrogens with one attached hydrogen (secondary N) is 1. The Kier molecular flexibility index (Phi) is 5.56. The van der Waals surface area contributed by atoms with Crippen LogP contribution in [0.1, 0.15) is 30.8 Å². The first-order valence-corrected chi connectivity index (χ1v) is 8.84. The molecule has 2 aromatic heterocycles. The highest BCUT2D eigenvalue weighted by molar-refractivity contribution is 5.61. The molecule has 0 saturated heterocycles. The number of benzene rings is 1.